The quantitative estimate of drug-likeness (QED) is 0.123. The molecule has 7 amide bonds. The minimum atomic E-state index is -3.47. The number of ether oxygens (including phenoxy) is 1. The average Bonchev–Trinajstić information content (AvgIpc) is 4.21. The highest BCUT2D eigenvalue weighted by atomic mass is 32.2. The molecule has 5 fully saturated rings. The second-order valence-corrected chi connectivity index (χ2v) is 22.8. The van der Waals surface area contributed by atoms with E-state index in [0.717, 1.165) is 73.4 Å². The Morgan fingerprint density at radius 3 is 2.31 bits per heavy atom. The van der Waals surface area contributed by atoms with E-state index in [1.165, 1.54) is 22.7 Å². The van der Waals surface area contributed by atoms with Crippen molar-refractivity contribution in [2.45, 2.75) is 93.9 Å². The first kappa shape index (κ1) is 50.3. The van der Waals surface area contributed by atoms with Gasteiger partial charge in [-0.2, -0.15) is 0 Å². The van der Waals surface area contributed by atoms with Crippen LogP contribution in [0.5, 0.6) is 0 Å². The number of piperidine rings is 2. The van der Waals surface area contributed by atoms with Crippen molar-refractivity contribution in [3.63, 3.8) is 0 Å². The molecule has 5 atom stereocenters. The minimum absolute atomic E-state index is 0.0466. The van der Waals surface area contributed by atoms with E-state index in [9.17, 15) is 42.0 Å². The van der Waals surface area contributed by atoms with Crippen molar-refractivity contribution in [1.29, 1.82) is 0 Å². The number of carbonyl (C=O) groups excluding carboxylic acids is 7. The van der Waals surface area contributed by atoms with Crippen LogP contribution >= 0.6 is 11.8 Å². The Balaban J connectivity index is 0.740. The van der Waals surface area contributed by atoms with E-state index >= 15 is 0 Å². The maximum absolute atomic E-state index is 14.0. The molecule has 18 nitrogen and oxygen atoms in total. The number of nitrogens with one attached hydrogen (secondary N) is 5. The first-order valence-corrected chi connectivity index (χ1v) is 27.6. The first-order valence-electron chi connectivity index (χ1n) is 24.7. The van der Waals surface area contributed by atoms with Crippen molar-refractivity contribution in [3.8, 4) is 0 Å². The number of imide groups is 2. The molecule has 0 bridgehead atoms. The molecule has 4 saturated heterocycles. The second kappa shape index (κ2) is 21.6. The molecule has 378 valence electrons. The molecule has 4 unspecified atom stereocenters. The molecule has 5 N–H and O–H groups in total. The number of sulfonamides is 1. The van der Waals surface area contributed by atoms with Crippen LogP contribution in [0.25, 0.3) is 0 Å². The maximum Gasteiger partial charge on any atom is 0.262 e. The number of benzene rings is 3. The lowest BCUT2D eigenvalue weighted by atomic mass is 9.78. The average molecular weight is 1010 g/mol. The van der Waals surface area contributed by atoms with Crippen LogP contribution in [-0.4, -0.2) is 128 Å². The highest BCUT2D eigenvalue weighted by molar-refractivity contribution is 8.00. The number of hydrogen-bond acceptors (Lipinski definition) is 13. The predicted molar refractivity (Wildman–Crippen MR) is 265 cm³/mol. The molecule has 6 aliphatic rings. The van der Waals surface area contributed by atoms with E-state index < -0.39 is 69.0 Å². The van der Waals surface area contributed by atoms with Gasteiger partial charge in [0, 0.05) is 56.1 Å². The van der Waals surface area contributed by atoms with E-state index in [1.54, 1.807) is 48.2 Å². The molecule has 20 heteroatoms. The van der Waals surface area contributed by atoms with Crippen LogP contribution < -0.4 is 31.5 Å². The van der Waals surface area contributed by atoms with Gasteiger partial charge in [0.15, 0.2) is 0 Å². The SMILES string of the molecule is CS(=O)(=O)N1CCC(C(=O)N[C@@H](COCc2ccc(C(=O)NCCC3CCN(c4ccc5c(c4)C(=O)N(C4CCC(=O)NC4=O)C5=O)CC3)cc2)C(=O)NC2NC(c3ccccc3)(C3CCCC3)CS2)C1. The maximum atomic E-state index is 14.0. The molecular formula is C51H62N8O10S2. The van der Waals surface area contributed by atoms with Gasteiger partial charge in [0.1, 0.15) is 17.6 Å². The van der Waals surface area contributed by atoms with Crippen molar-refractivity contribution in [1.82, 2.24) is 35.8 Å². The lowest BCUT2D eigenvalue weighted by Crippen LogP contribution is -2.57. The van der Waals surface area contributed by atoms with Crippen LogP contribution in [0.4, 0.5) is 5.69 Å². The third-order valence-corrected chi connectivity index (χ3v) is 17.6. The molecule has 0 radical (unpaired) electrons. The summed E-state index contributed by atoms with van der Waals surface area (Å²) in [4.78, 5) is 94.5. The molecule has 5 heterocycles. The van der Waals surface area contributed by atoms with Crippen LogP contribution in [0.3, 0.4) is 0 Å². The van der Waals surface area contributed by atoms with E-state index in [-0.39, 0.29) is 61.7 Å². The number of nitrogens with zero attached hydrogens (tertiary/aromatic N) is 3. The first-order chi connectivity index (χ1) is 34.2. The summed E-state index contributed by atoms with van der Waals surface area (Å²) >= 11 is 1.63. The summed E-state index contributed by atoms with van der Waals surface area (Å²) in [5.74, 6) is -2.18. The Hall–Kier alpha value is -5.67. The van der Waals surface area contributed by atoms with Gasteiger partial charge in [-0.25, -0.2) is 12.7 Å². The van der Waals surface area contributed by atoms with Gasteiger partial charge in [-0.1, -0.05) is 55.3 Å². The van der Waals surface area contributed by atoms with Crippen LogP contribution in [0.2, 0.25) is 0 Å². The van der Waals surface area contributed by atoms with Crippen molar-refractivity contribution in [3.05, 3.63) is 101 Å². The van der Waals surface area contributed by atoms with Crippen molar-refractivity contribution >= 4 is 68.8 Å². The summed E-state index contributed by atoms with van der Waals surface area (Å²) in [6, 6.07) is 20.5. The van der Waals surface area contributed by atoms with E-state index in [1.807, 2.05) is 24.3 Å². The summed E-state index contributed by atoms with van der Waals surface area (Å²) in [7, 11) is -3.47. The number of anilines is 1. The van der Waals surface area contributed by atoms with Gasteiger partial charge in [0.2, 0.25) is 33.7 Å². The van der Waals surface area contributed by atoms with Crippen molar-refractivity contribution in [2.24, 2.45) is 17.8 Å². The number of rotatable bonds is 17. The van der Waals surface area contributed by atoms with Crippen LogP contribution in [0.15, 0.2) is 72.8 Å². The minimum Gasteiger partial charge on any atom is -0.374 e. The lowest BCUT2D eigenvalue weighted by molar-refractivity contribution is -0.136. The lowest BCUT2D eigenvalue weighted by Gasteiger charge is -2.36. The largest absolute Gasteiger partial charge is 0.374 e. The topological polar surface area (TPSA) is 233 Å². The standard InChI is InChI=1S/C51H62N8O10S2/c1-71(67,68)58-26-22-35(28-58)45(62)53-41(46(63)55-50-56-51(31-70-50,37-9-5-6-10-37)36-7-3-2-4-8-36)30-69-29-33-11-13-34(14-12-33)44(61)52-23-19-32-20-24-57(25-21-32)38-15-16-39-40(27-38)49(66)59(48(39)65)42-17-18-43(60)54-47(42)64/h2-4,7-8,11-16,27,32,35,37,41-42,50,56H,5-6,9-10,17-26,28-31H2,1H3,(H,52,61)(H,53,62)(H,55,63)(H,54,60,64)/t35?,41-,42?,50?,51?/m0/s1. The van der Waals surface area contributed by atoms with Crippen LogP contribution in [0, 0.1) is 17.8 Å². The zero-order valence-corrected chi connectivity index (χ0v) is 41.5. The summed E-state index contributed by atoms with van der Waals surface area (Å²) in [5.41, 5.74) is 3.06. The zero-order chi connectivity index (χ0) is 49.9. The Morgan fingerprint density at radius 2 is 1.61 bits per heavy atom. The van der Waals surface area contributed by atoms with Gasteiger partial charge < -0.3 is 25.6 Å². The zero-order valence-electron chi connectivity index (χ0n) is 39.9. The molecule has 1 aliphatic carbocycles. The third kappa shape index (κ3) is 11.2. The smallest absolute Gasteiger partial charge is 0.262 e. The number of carbonyl (C=O) groups is 7. The number of hydrogen-bond donors (Lipinski definition) is 5. The fourth-order valence-electron chi connectivity index (χ4n) is 11.0. The molecule has 0 aromatic heterocycles. The summed E-state index contributed by atoms with van der Waals surface area (Å²) < 4.78 is 31.7. The monoisotopic (exact) mass is 1010 g/mol. The molecule has 0 spiro atoms. The predicted octanol–water partition coefficient (Wildman–Crippen LogP) is 3.23. The van der Waals surface area contributed by atoms with E-state index in [2.05, 4.69) is 43.6 Å². The summed E-state index contributed by atoms with van der Waals surface area (Å²) in [6.07, 6.45) is 8.70. The van der Waals surface area contributed by atoms with Gasteiger partial charge in [-0.15, -0.1) is 11.8 Å². The highest BCUT2D eigenvalue weighted by Crippen LogP contribution is 2.46. The van der Waals surface area contributed by atoms with Crippen LogP contribution in [-0.2, 0) is 46.1 Å². The summed E-state index contributed by atoms with van der Waals surface area (Å²) in [6.45, 7) is 2.21. The molecule has 9 rings (SSSR count). The fraction of sp³-hybridized carbons (Fsp3) is 0.510. The van der Waals surface area contributed by atoms with E-state index in [4.69, 9.17) is 4.74 Å². The third-order valence-electron chi connectivity index (χ3n) is 15.1. The normalized spacial score (nSPS) is 24.8. The Bertz CT molecular complexity index is 2640. The summed E-state index contributed by atoms with van der Waals surface area (Å²) in [5, 5.41) is 15.0. The Labute approximate surface area is 418 Å². The molecule has 3 aromatic rings. The van der Waals surface area contributed by atoms with Gasteiger partial charge in [0.25, 0.3) is 17.7 Å². The Morgan fingerprint density at radius 1 is 0.873 bits per heavy atom. The molecule has 5 aliphatic heterocycles. The van der Waals surface area contributed by atoms with Gasteiger partial charge in [-0.3, -0.25) is 49.1 Å². The molecular weight excluding hydrogens is 949 g/mol. The second-order valence-electron chi connectivity index (χ2n) is 19.7. The molecule has 71 heavy (non-hydrogen) atoms. The fourth-order valence-corrected chi connectivity index (χ4v) is 13.3. The molecule has 3 aromatic carbocycles. The number of amides is 7. The number of fused-ring (bicyclic) bond motifs is 1. The highest BCUT2D eigenvalue weighted by Gasteiger charge is 2.48. The molecule has 1 saturated carbocycles. The van der Waals surface area contributed by atoms with Gasteiger partial charge >= 0.3 is 0 Å². The Kier molecular flexibility index (Phi) is 15.3. The van der Waals surface area contributed by atoms with Gasteiger partial charge in [0.05, 0.1) is 42.1 Å². The van der Waals surface area contributed by atoms with Crippen LogP contribution in [0.1, 0.15) is 106 Å². The van der Waals surface area contributed by atoms with Crippen molar-refractivity contribution in [2.75, 3.05) is 56.2 Å². The number of thioether (sulfide) groups is 1. The van der Waals surface area contributed by atoms with Gasteiger partial charge in [-0.05, 0) is 98.2 Å². The van der Waals surface area contributed by atoms with Crippen molar-refractivity contribution < 1.29 is 46.7 Å². The van der Waals surface area contributed by atoms with E-state index in [0.29, 0.717) is 30.4 Å².